The van der Waals surface area contributed by atoms with Crippen molar-refractivity contribution in [2.75, 3.05) is 12.0 Å². The van der Waals surface area contributed by atoms with Crippen molar-refractivity contribution in [3.63, 3.8) is 0 Å². The molecule has 5 nitrogen and oxygen atoms in total. The van der Waals surface area contributed by atoms with Gasteiger partial charge < -0.3 is 15.4 Å². The number of amides is 2. The van der Waals surface area contributed by atoms with E-state index in [0.717, 1.165) is 17.7 Å². The number of para-hydroxylation sites is 1. The third kappa shape index (κ3) is 4.85. The van der Waals surface area contributed by atoms with Crippen LogP contribution in [-0.4, -0.2) is 18.5 Å². The largest absolute Gasteiger partial charge is 0.473 e. The summed E-state index contributed by atoms with van der Waals surface area (Å²) in [5.74, 6) is 0.755. The highest BCUT2D eigenvalue weighted by Gasteiger charge is 2.04. The quantitative estimate of drug-likeness (QED) is 0.632. The molecule has 0 saturated heterocycles. The monoisotopic (exact) mass is 312 g/mol. The standard InChI is InChI=1S/C18H20N2O3/c1-3-14-6-4-5-7-17(14)23-12-19-18(22)20-16-10-8-15(9-11-16)13(2)21/h4-11H,3,12H2,1-2H3,(H2,19,20,22). The number of nitrogens with one attached hydrogen (secondary N) is 2. The Labute approximate surface area is 135 Å². The number of hydrogen-bond donors (Lipinski definition) is 2. The van der Waals surface area contributed by atoms with Crippen LogP contribution in [-0.2, 0) is 6.42 Å². The highest BCUT2D eigenvalue weighted by atomic mass is 16.5. The zero-order valence-electron chi connectivity index (χ0n) is 13.3. The molecular formula is C18H20N2O3. The Kier molecular flexibility index (Phi) is 5.74. The lowest BCUT2D eigenvalue weighted by Gasteiger charge is -2.12. The Balaban J connectivity index is 1.82. The average Bonchev–Trinajstić information content (AvgIpc) is 2.55. The number of aryl methyl sites for hydroxylation is 1. The van der Waals surface area contributed by atoms with Gasteiger partial charge in [-0.2, -0.15) is 0 Å². The average molecular weight is 312 g/mol. The highest BCUT2D eigenvalue weighted by Crippen LogP contribution is 2.17. The van der Waals surface area contributed by atoms with Gasteiger partial charge in [0.1, 0.15) is 5.75 Å². The SMILES string of the molecule is CCc1ccccc1OCNC(=O)Nc1ccc(C(C)=O)cc1. The molecular weight excluding hydrogens is 292 g/mol. The van der Waals surface area contributed by atoms with Crippen LogP contribution in [0.3, 0.4) is 0 Å². The number of ketones is 1. The molecule has 2 aromatic carbocycles. The van der Waals surface area contributed by atoms with Crippen LogP contribution in [0, 0.1) is 0 Å². The molecule has 0 aliphatic carbocycles. The molecule has 0 spiro atoms. The van der Waals surface area contributed by atoms with Gasteiger partial charge in [0.05, 0.1) is 0 Å². The summed E-state index contributed by atoms with van der Waals surface area (Å²) in [6, 6.07) is 14.1. The molecule has 0 heterocycles. The van der Waals surface area contributed by atoms with Gasteiger partial charge in [0.2, 0.25) is 0 Å². The van der Waals surface area contributed by atoms with Gasteiger partial charge in [-0.05, 0) is 49.2 Å². The second-order valence-electron chi connectivity index (χ2n) is 5.01. The third-order valence-electron chi connectivity index (χ3n) is 3.36. The minimum Gasteiger partial charge on any atom is -0.473 e. The number of carbonyl (C=O) groups is 2. The molecule has 0 radical (unpaired) electrons. The number of rotatable bonds is 6. The van der Waals surface area contributed by atoms with Crippen LogP contribution in [0.4, 0.5) is 10.5 Å². The molecule has 2 amide bonds. The fourth-order valence-corrected chi connectivity index (χ4v) is 2.08. The number of urea groups is 1. The first-order chi connectivity index (χ1) is 11.1. The molecule has 5 heteroatoms. The summed E-state index contributed by atoms with van der Waals surface area (Å²) in [4.78, 5) is 23.0. The fraction of sp³-hybridized carbons (Fsp3) is 0.222. The molecule has 2 N–H and O–H groups in total. The zero-order valence-corrected chi connectivity index (χ0v) is 13.3. The first-order valence-electron chi connectivity index (χ1n) is 7.46. The van der Waals surface area contributed by atoms with Crippen molar-refractivity contribution in [2.45, 2.75) is 20.3 Å². The Morgan fingerprint density at radius 3 is 2.39 bits per heavy atom. The summed E-state index contributed by atoms with van der Waals surface area (Å²) in [5, 5.41) is 5.31. The molecule has 23 heavy (non-hydrogen) atoms. The van der Waals surface area contributed by atoms with E-state index in [-0.39, 0.29) is 18.5 Å². The van der Waals surface area contributed by atoms with Crippen LogP contribution in [0.1, 0.15) is 29.8 Å². The van der Waals surface area contributed by atoms with E-state index in [1.807, 2.05) is 31.2 Å². The maximum Gasteiger partial charge on any atom is 0.321 e. The van der Waals surface area contributed by atoms with Crippen LogP contribution in [0.5, 0.6) is 5.75 Å². The van der Waals surface area contributed by atoms with Crippen LogP contribution >= 0.6 is 0 Å². The van der Waals surface area contributed by atoms with E-state index in [4.69, 9.17) is 4.74 Å². The van der Waals surface area contributed by atoms with E-state index >= 15 is 0 Å². The molecule has 0 saturated carbocycles. The molecule has 0 aliphatic rings. The Morgan fingerprint density at radius 1 is 1.04 bits per heavy atom. The number of Topliss-reactive ketones (excluding diaryl/α,β-unsaturated/α-hetero) is 1. The van der Waals surface area contributed by atoms with Gasteiger partial charge in [-0.3, -0.25) is 4.79 Å². The van der Waals surface area contributed by atoms with Crippen molar-refractivity contribution >= 4 is 17.5 Å². The molecule has 0 aromatic heterocycles. The lowest BCUT2D eigenvalue weighted by atomic mass is 10.1. The van der Waals surface area contributed by atoms with Crippen molar-refractivity contribution in [3.05, 3.63) is 59.7 Å². The van der Waals surface area contributed by atoms with Crippen LogP contribution in [0.15, 0.2) is 48.5 Å². The second kappa shape index (κ2) is 7.98. The molecule has 120 valence electrons. The first kappa shape index (κ1) is 16.5. The van der Waals surface area contributed by atoms with E-state index in [1.54, 1.807) is 24.3 Å². The summed E-state index contributed by atoms with van der Waals surface area (Å²) in [6.45, 7) is 3.63. The number of anilines is 1. The van der Waals surface area contributed by atoms with Crippen LogP contribution in [0.25, 0.3) is 0 Å². The van der Waals surface area contributed by atoms with Crippen molar-refractivity contribution in [1.82, 2.24) is 5.32 Å². The van der Waals surface area contributed by atoms with Gasteiger partial charge in [0.15, 0.2) is 12.5 Å². The van der Waals surface area contributed by atoms with E-state index in [9.17, 15) is 9.59 Å². The number of benzene rings is 2. The van der Waals surface area contributed by atoms with Gasteiger partial charge in [0, 0.05) is 11.3 Å². The molecule has 0 unspecified atom stereocenters. The molecule has 2 aromatic rings. The van der Waals surface area contributed by atoms with Crippen molar-refractivity contribution < 1.29 is 14.3 Å². The summed E-state index contributed by atoms with van der Waals surface area (Å²) in [7, 11) is 0. The van der Waals surface area contributed by atoms with Crippen molar-refractivity contribution in [3.8, 4) is 5.75 Å². The van der Waals surface area contributed by atoms with Crippen LogP contribution in [0.2, 0.25) is 0 Å². The van der Waals surface area contributed by atoms with E-state index < -0.39 is 0 Å². The van der Waals surface area contributed by atoms with Crippen molar-refractivity contribution in [2.24, 2.45) is 0 Å². The Morgan fingerprint density at radius 2 is 1.74 bits per heavy atom. The molecule has 0 fully saturated rings. The lowest BCUT2D eigenvalue weighted by Crippen LogP contribution is -2.32. The van der Waals surface area contributed by atoms with E-state index in [0.29, 0.717) is 11.3 Å². The number of ether oxygens (including phenoxy) is 1. The number of hydrogen-bond acceptors (Lipinski definition) is 3. The minimum atomic E-state index is -0.366. The Hall–Kier alpha value is -2.82. The normalized spacial score (nSPS) is 10.0. The predicted octanol–water partition coefficient (Wildman–Crippen LogP) is 3.61. The van der Waals surface area contributed by atoms with Gasteiger partial charge >= 0.3 is 6.03 Å². The number of carbonyl (C=O) groups excluding carboxylic acids is 2. The van der Waals surface area contributed by atoms with Gasteiger partial charge in [-0.15, -0.1) is 0 Å². The highest BCUT2D eigenvalue weighted by molar-refractivity contribution is 5.95. The molecule has 0 bridgehead atoms. The molecule has 0 aliphatic heterocycles. The maximum atomic E-state index is 11.8. The lowest BCUT2D eigenvalue weighted by molar-refractivity contribution is 0.101. The fourth-order valence-electron chi connectivity index (χ4n) is 2.08. The molecule has 2 rings (SSSR count). The third-order valence-corrected chi connectivity index (χ3v) is 3.36. The van der Waals surface area contributed by atoms with E-state index in [2.05, 4.69) is 10.6 Å². The van der Waals surface area contributed by atoms with Gasteiger partial charge in [0.25, 0.3) is 0 Å². The van der Waals surface area contributed by atoms with Gasteiger partial charge in [-0.25, -0.2) is 4.79 Å². The van der Waals surface area contributed by atoms with Crippen molar-refractivity contribution in [1.29, 1.82) is 0 Å². The smallest absolute Gasteiger partial charge is 0.321 e. The topological polar surface area (TPSA) is 67.4 Å². The van der Waals surface area contributed by atoms with Crippen LogP contribution < -0.4 is 15.4 Å². The summed E-state index contributed by atoms with van der Waals surface area (Å²) < 4.78 is 5.57. The summed E-state index contributed by atoms with van der Waals surface area (Å²) in [6.07, 6.45) is 0.866. The first-order valence-corrected chi connectivity index (χ1v) is 7.46. The van der Waals surface area contributed by atoms with E-state index in [1.165, 1.54) is 6.92 Å². The zero-order chi connectivity index (χ0) is 16.7. The summed E-state index contributed by atoms with van der Waals surface area (Å²) >= 11 is 0. The minimum absolute atomic E-state index is 0.0102. The van der Waals surface area contributed by atoms with Gasteiger partial charge in [-0.1, -0.05) is 25.1 Å². The summed E-state index contributed by atoms with van der Waals surface area (Å²) in [5.41, 5.74) is 2.31. The molecule has 0 atom stereocenters. The Bertz CT molecular complexity index is 681. The predicted molar refractivity (Wildman–Crippen MR) is 89.9 cm³/mol. The maximum absolute atomic E-state index is 11.8. The second-order valence-corrected chi connectivity index (χ2v) is 5.01.